The van der Waals surface area contributed by atoms with Gasteiger partial charge in [-0.1, -0.05) is 12.1 Å². The highest BCUT2D eigenvalue weighted by Crippen LogP contribution is 2.31. The zero-order chi connectivity index (χ0) is 15.4. The Hall–Kier alpha value is -2.53. The summed E-state index contributed by atoms with van der Waals surface area (Å²) >= 11 is 0. The van der Waals surface area contributed by atoms with Crippen molar-refractivity contribution in [3.63, 3.8) is 0 Å². The summed E-state index contributed by atoms with van der Waals surface area (Å²) in [5.74, 6) is 1.53. The predicted molar refractivity (Wildman–Crippen MR) is 85.1 cm³/mol. The first-order valence-corrected chi connectivity index (χ1v) is 7.16. The Balaban J connectivity index is 1.99. The second-order valence-corrected chi connectivity index (χ2v) is 4.94. The first-order chi connectivity index (χ1) is 10.8. The molecule has 114 valence electrons. The number of ether oxygens (including phenoxy) is 1. The molecule has 2 N–H and O–H groups in total. The molecule has 3 rings (SSSR count). The van der Waals surface area contributed by atoms with Crippen molar-refractivity contribution in [3.05, 3.63) is 54.6 Å². The zero-order valence-electron chi connectivity index (χ0n) is 12.3. The molecule has 2 aromatic heterocycles. The van der Waals surface area contributed by atoms with Crippen LogP contribution in [0.25, 0.3) is 10.9 Å². The van der Waals surface area contributed by atoms with E-state index in [2.05, 4.69) is 10.3 Å². The zero-order valence-corrected chi connectivity index (χ0v) is 12.3. The fourth-order valence-corrected chi connectivity index (χ4v) is 2.53. The Bertz CT molecular complexity index is 741. The molecule has 0 radical (unpaired) electrons. The van der Waals surface area contributed by atoms with Gasteiger partial charge in [0.25, 0.3) is 0 Å². The molecular weight excluding hydrogens is 280 g/mol. The van der Waals surface area contributed by atoms with Gasteiger partial charge in [-0.25, -0.2) is 0 Å². The molecule has 0 saturated carbocycles. The fraction of sp³-hybridized carbons (Fsp3) is 0.235. The van der Waals surface area contributed by atoms with E-state index in [4.69, 9.17) is 9.15 Å². The van der Waals surface area contributed by atoms with Gasteiger partial charge >= 0.3 is 0 Å². The van der Waals surface area contributed by atoms with Gasteiger partial charge in [0, 0.05) is 23.9 Å². The molecule has 1 aromatic carbocycles. The fourth-order valence-electron chi connectivity index (χ4n) is 2.53. The second-order valence-electron chi connectivity index (χ2n) is 4.94. The summed E-state index contributed by atoms with van der Waals surface area (Å²) in [6.45, 7) is 0.0741. The van der Waals surface area contributed by atoms with Gasteiger partial charge in [0.05, 0.1) is 19.4 Å². The molecule has 0 aliphatic carbocycles. The Morgan fingerprint density at radius 3 is 2.91 bits per heavy atom. The predicted octanol–water partition coefficient (Wildman–Crippen LogP) is 3.37. The topological polar surface area (TPSA) is 67.5 Å². The number of methoxy groups -OCH3 is 1. The minimum Gasteiger partial charge on any atom is -0.494 e. The molecule has 2 heterocycles. The van der Waals surface area contributed by atoms with Gasteiger partial charge in [-0.15, -0.1) is 0 Å². The molecule has 5 heteroatoms. The standard InChI is InChI=1S/C17H18N2O3/c1-21-16-5-2-4-12-13(7-9-18-17(12)16)19-14(8-10-20)15-6-3-11-22-15/h2-7,9,11,14,20H,8,10H2,1H3,(H,18,19)/t14-/m1/s1. The Morgan fingerprint density at radius 1 is 1.27 bits per heavy atom. The van der Waals surface area contributed by atoms with Gasteiger partial charge in [-0.05, 0) is 30.7 Å². The molecule has 0 amide bonds. The molecule has 0 spiro atoms. The number of aromatic nitrogens is 1. The Morgan fingerprint density at radius 2 is 2.18 bits per heavy atom. The summed E-state index contributed by atoms with van der Waals surface area (Å²) in [4.78, 5) is 4.39. The van der Waals surface area contributed by atoms with Crippen molar-refractivity contribution >= 4 is 16.6 Å². The highest BCUT2D eigenvalue weighted by Gasteiger charge is 2.15. The van der Waals surface area contributed by atoms with Gasteiger partial charge in [-0.3, -0.25) is 4.98 Å². The lowest BCUT2D eigenvalue weighted by Crippen LogP contribution is -2.12. The number of aliphatic hydroxyl groups excluding tert-OH is 1. The third kappa shape index (κ3) is 2.76. The van der Waals surface area contributed by atoms with E-state index in [0.717, 1.165) is 28.1 Å². The molecule has 0 aliphatic heterocycles. The first kappa shape index (κ1) is 14.4. The molecular formula is C17H18N2O3. The summed E-state index contributed by atoms with van der Waals surface area (Å²) in [6.07, 6.45) is 3.93. The van der Waals surface area contributed by atoms with Gasteiger partial charge < -0.3 is 19.6 Å². The molecule has 0 bridgehead atoms. The monoisotopic (exact) mass is 298 g/mol. The summed E-state index contributed by atoms with van der Waals surface area (Å²) < 4.78 is 10.8. The normalized spacial score (nSPS) is 12.3. The van der Waals surface area contributed by atoms with Crippen LogP contribution >= 0.6 is 0 Å². The van der Waals surface area contributed by atoms with Crippen LogP contribution in [0.3, 0.4) is 0 Å². The highest BCUT2D eigenvalue weighted by atomic mass is 16.5. The maximum absolute atomic E-state index is 9.29. The summed E-state index contributed by atoms with van der Waals surface area (Å²) in [5.41, 5.74) is 1.73. The van der Waals surface area contributed by atoms with Crippen LogP contribution < -0.4 is 10.1 Å². The van der Waals surface area contributed by atoms with E-state index in [-0.39, 0.29) is 12.6 Å². The maximum atomic E-state index is 9.29. The van der Waals surface area contributed by atoms with Gasteiger partial charge in [0.2, 0.25) is 0 Å². The number of nitrogens with zero attached hydrogens (tertiary/aromatic N) is 1. The van der Waals surface area contributed by atoms with Crippen LogP contribution in [0.5, 0.6) is 5.75 Å². The van der Waals surface area contributed by atoms with Gasteiger partial charge in [0.15, 0.2) is 0 Å². The third-order valence-electron chi connectivity index (χ3n) is 3.59. The summed E-state index contributed by atoms with van der Waals surface area (Å²) in [5, 5.41) is 13.7. The van der Waals surface area contributed by atoms with Gasteiger partial charge in [-0.2, -0.15) is 0 Å². The van der Waals surface area contributed by atoms with E-state index in [1.807, 2.05) is 36.4 Å². The molecule has 0 fully saturated rings. The SMILES string of the molecule is COc1cccc2c(N[C@H](CCO)c3ccco3)ccnc12. The Labute approximate surface area is 128 Å². The van der Waals surface area contributed by atoms with Crippen molar-refractivity contribution in [1.82, 2.24) is 4.98 Å². The van der Waals surface area contributed by atoms with Crippen LogP contribution in [0.1, 0.15) is 18.2 Å². The number of hydrogen-bond donors (Lipinski definition) is 2. The summed E-state index contributed by atoms with van der Waals surface area (Å²) in [7, 11) is 1.63. The number of furan rings is 1. The van der Waals surface area contributed by atoms with Crippen LogP contribution in [-0.2, 0) is 0 Å². The number of anilines is 1. The van der Waals surface area contributed by atoms with Crippen molar-refractivity contribution in [2.75, 3.05) is 19.0 Å². The molecule has 5 nitrogen and oxygen atoms in total. The van der Waals surface area contributed by atoms with Crippen LogP contribution in [0.2, 0.25) is 0 Å². The van der Waals surface area contributed by atoms with Crippen molar-refractivity contribution in [2.24, 2.45) is 0 Å². The number of nitrogens with one attached hydrogen (secondary N) is 1. The lowest BCUT2D eigenvalue weighted by Gasteiger charge is -2.18. The number of benzene rings is 1. The van der Waals surface area contributed by atoms with Crippen molar-refractivity contribution in [1.29, 1.82) is 0 Å². The summed E-state index contributed by atoms with van der Waals surface area (Å²) in [6, 6.07) is 11.4. The number of aliphatic hydroxyl groups is 1. The molecule has 0 unspecified atom stereocenters. The molecule has 22 heavy (non-hydrogen) atoms. The second kappa shape index (κ2) is 6.49. The quantitative estimate of drug-likeness (QED) is 0.730. The van der Waals surface area contributed by atoms with E-state index in [1.54, 1.807) is 19.6 Å². The molecule has 3 aromatic rings. The number of hydrogen-bond acceptors (Lipinski definition) is 5. The van der Waals surface area contributed by atoms with E-state index < -0.39 is 0 Å². The van der Waals surface area contributed by atoms with E-state index >= 15 is 0 Å². The largest absolute Gasteiger partial charge is 0.494 e. The van der Waals surface area contributed by atoms with Crippen molar-refractivity contribution in [2.45, 2.75) is 12.5 Å². The van der Waals surface area contributed by atoms with Crippen LogP contribution in [-0.4, -0.2) is 23.8 Å². The average molecular weight is 298 g/mol. The van der Waals surface area contributed by atoms with Crippen molar-refractivity contribution < 1.29 is 14.3 Å². The minimum absolute atomic E-state index is 0.0741. The highest BCUT2D eigenvalue weighted by molar-refractivity contribution is 5.94. The minimum atomic E-state index is -0.100. The van der Waals surface area contributed by atoms with E-state index in [1.165, 1.54) is 0 Å². The molecule has 1 atom stereocenters. The average Bonchev–Trinajstić information content (AvgIpc) is 3.08. The molecule has 0 saturated heterocycles. The van der Waals surface area contributed by atoms with Crippen LogP contribution in [0.4, 0.5) is 5.69 Å². The number of para-hydroxylation sites is 1. The molecule has 0 aliphatic rings. The smallest absolute Gasteiger partial charge is 0.145 e. The van der Waals surface area contributed by atoms with Crippen molar-refractivity contribution in [3.8, 4) is 5.75 Å². The van der Waals surface area contributed by atoms with Crippen LogP contribution in [0, 0.1) is 0 Å². The first-order valence-electron chi connectivity index (χ1n) is 7.16. The maximum Gasteiger partial charge on any atom is 0.145 e. The number of fused-ring (bicyclic) bond motifs is 1. The number of rotatable bonds is 6. The van der Waals surface area contributed by atoms with Crippen LogP contribution in [0.15, 0.2) is 53.3 Å². The third-order valence-corrected chi connectivity index (χ3v) is 3.59. The van der Waals surface area contributed by atoms with Gasteiger partial charge in [0.1, 0.15) is 17.0 Å². The Kier molecular flexibility index (Phi) is 4.25. The lowest BCUT2D eigenvalue weighted by molar-refractivity contribution is 0.273. The lowest BCUT2D eigenvalue weighted by atomic mass is 10.1. The van der Waals surface area contributed by atoms with E-state index in [0.29, 0.717) is 6.42 Å². The van der Waals surface area contributed by atoms with E-state index in [9.17, 15) is 5.11 Å². The number of pyridine rings is 1.